The minimum absolute atomic E-state index is 0.0627. The number of nitrogens with zero attached hydrogens (tertiary/aromatic N) is 3. The number of para-hydroxylation sites is 2. The van der Waals surface area contributed by atoms with Crippen LogP contribution in [0.2, 0.25) is 0 Å². The lowest BCUT2D eigenvalue weighted by molar-refractivity contribution is -0.384. The number of amides is 4. The third-order valence-corrected chi connectivity index (χ3v) is 7.02. The summed E-state index contributed by atoms with van der Waals surface area (Å²) in [6, 6.07) is 19.1. The molecule has 0 unspecified atom stereocenters. The average molecular weight is 633 g/mol. The molecule has 3 aromatic rings. The minimum atomic E-state index is -0.673. The van der Waals surface area contributed by atoms with E-state index >= 15 is 0 Å². The Hall–Kier alpha value is -5.01. The van der Waals surface area contributed by atoms with Crippen molar-refractivity contribution in [2.24, 2.45) is 0 Å². The molecule has 0 atom stereocenters. The van der Waals surface area contributed by atoms with Crippen LogP contribution in [0, 0.1) is 10.1 Å². The molecule has 3 N–H and O–H groups in total. The van der Waals surface area contributed by atoms with Gasteiger partial charge in [0, 0.05) is 56.1 Å². The van der Waals surface area contributed by atoms with E-state index in [0.29, 0.717) is 42.4 Å². The van der Waals surface area contributed by atoms with Crippen molar-refractivity contribution in [2.45, 2.75) is 39.3 Å². The number of benzene rings is 3. The van der Waals surface area contributed by atoms with E-state index in [1.165, 1.54) is 24.3 Å². The molecule has 1 fully saturated rings. The second-order valence-electron chi connectivity index (χ2n) is 11.8. The Kier molecular flexibility index (Phi) is 11.7. The Balaban J connectivity index is 1.40. The van der Waals surface area contributed by atoms with Crippen molar-refractivity contribution in [1.29, 1.82) is 0 Å². The van der Waals surface area contributed by atoms with Crippen LogP contribution in [0.3, 0.4) is 0 Å². The Morgan fingerprint density at radius 3 is 2.15 bits per heavy atom. The highest BCUT2D eigenvalue weighted by atomic mass is 16.6. The molecule has 13 nitrogen and oxygen atoms in total. The summed E-state index contributed by atoms with van der Waals surface area (Å²) in [6.45, 7) is 9.94. The lowest BCUT2D eigenvalue weighted by Gasteiger charge is -2.28. The van der Waals surface area contributed by atoms with Gasteiger partial charge in [-0.1, -0.05) is 24.3 Å². The molecule has 1 saturated heterocycles. The summed E-state index contributed by atoms with van der Waals surface area (Å²) < 4.78 is 10.7. The molecular weight excluding hydrogens is 592 g/mol. The summed E-state index contributed by atoms with van der Waals surface area (Å²) in [7, 11) is 0. The van der Waals surface area contributed by atoms with Gasteiger partial charge < -0.3 is 25.0 Å². The Morgan fingerprint density at radius 1 is 0.913 bits per heavy atom. The molecule has 0 bridgehead atoms. The first kappa shape index (κ1) is 33.9. The van der Waals surface area contributed by atoms with Crippen LogP contribution in [0.25, 0.3) is 0 Å². The number of anilines is 3. The molecule has 3 aromatic carbocycles. The molecule has 1 aliphatic heterocycles. The van der Waals surface area contributed by atoms with Gasteiger partial charge in [0.1, 0.15) is 5.60 Å². The number of non-ortho nitro benzene ring substituents is 1. The number of carbonyl (C=O) groups excluding carboxylic acids is 3. The maximum atomic E-state index is 13.3. The van der Waals surface area contributed by atoms with E-state index in [-0.39, 0.29) is 24.2 Å². The van der Waals surface area contributed by atoms with E-state index in [4.69, 9.17) is 9.47 Å². The normalized spacial score (nSPS) is 13.4. The highest BCUT2D eigenvalue weighted by Gasteiger charge is 2.19. The van der Waals surface area contributed by atoms with Crippen molar-refractivity contribution in [3.8, 4) is 0 Å². The number of carbonyl (C=O) groups is 3. The summed E-state index contributed by atoms with van der Waals surface area (Å²) >= 11 is 0. The first-order valence-corrected chi connectivity index (χ1v) is 15.1. The maximum absolute atomic E-state index is 13.3. The number of nitrogens with one attached hydrogen (secondary N) is 3. The number of nitro benzene ring substituents is 1. The summed E-state index contributed by atoms with van der Waals surface area (Å²) in [5.41, 5.74) is 1.73. The fourth-order valence-electron chi connectivity index (χ4n) is 4.72. The Labute approximate surface area is 268 Å². The highest BCUT2D eigenvalue weighted by Crippen LogP contribution is 2.23. The topological polar surface area (TPSA) is 155 Å². The number of morpholine rings is 1. The third-order valence-electron chi connectivity index (χ3n) is 7.02. The predicted molar refractivity (Wildman–Crippen MR) is 175 cm³/mol. The average Bonchev–Trinajstić information content (AvgIpc) is 3.01. The van der Waals surface area contributed by atoms with Crippen LogP contribution in [0.1, 0.15) is 43.1 Å². The molecule has 0 aliphatic carbocycles. The molecule has 0 radical (unpaired) electrons. The zero-order valence-electron chi connectivity index (χ0n) is 26.3. The highest BCUT2D eigenvalue weighted by molar-refractivity contribution is 6.06. The number of rotatable bonds is 11. The van der Waals surface area contributed by atoms with Crippen LogP contribution in [-0.4, -0.2) is 77.7 Å². The van der Waals surface area contributed by atoms with Crippen LogP contribution in [0.15, 0.2) is 72.8 Å². The number of urea groups is 1. The van der Waals surface area contributed by atoms with Crippen molar-refractivity contribution in [2.75, 3.05) is 55.3 Å². The van der Waals surface area contributed by atoms with E-state index in [0.717, 1.165) is 31.6 Å². The lowest BCUT2D eigenvalue weighted by Crippen LogP contribution is -2.40. The van der Waals surface area contributed by atoms with Crippen LogP contribution in [0.4, 0.5) is 32.3 Å². The molecule has 4 rings (SSSR count). The molecule has 0 spiro atoms. The van der Waals surface area contributed by atoms with Crippen LogP contribution in [0.5, 0.6) is 0 Å². The smallest absolute Gasteiger partial charge is 0.412 e. The molecule has 0 saturated carbocycles. The fourth-order valence-corrected chi connectivity index (χ4v) is 4.72. The summed E-state index contributed by atoms with van der Waals surface area (Å²) in [6.07, 6.45) is 0.107. The number of nitro groups is 1. The third kappa shape index (κ3) is 10.6. The first-order chi connectivity index (χ1) is 22.0. The molecule has 1 aliphatic rings. The van der Waals surface area contributed by atoms with Gasteiger partial charge in [0.2, 0.25) is 0 Å². The van der Waals surface area contributed by atoms with Gasteiger partial charge in [-0.2, -0.15) is 0 Å². The molecule has 13 heteroatoms. The SMILES string of the molecule is CC(C)(C)OC(=O)Nc1ccccc1NC(=O)c1ccc(CN(CCCN2CCOCC2)C(=O)Nc2ccc([N+](=O)[O-])cc2)cc1. The molecule has 0 aromatic heterocycles. The van der Waals surface area contributed by atoms with E-state index in [2.05, 4.69) is 20.9 Å². The summed E-state index contributed by atoms with van der Waals surface area (Å²) in [4.78, 5) is 53.2. The maximum Gasteiger partial charge on any atom is 0.412 e. The fraction of sp³-hybridized carbons (Fsp3) is 0.364. The largest absolute Gasteiger partial charge is 0.444 e. The van der Waals surface area contributed by atoms with Gasteiger partial charge in [0.05, 0.1) is 29.5 Å². The molecule has 4 amide bonds. The van der Waals surface area contributed by atoms with E-state index in [9.17, 15) is 24.5 Å². The Bertz CT molecular complexity index is 1500. The number of hydrogen-bond acceptors (Lipinski definition) is 8. The van der Waals surface area contributed by atoms with Gasteiger partial charge in [-0.15, -0.1) is 0 Å². The molecule has 244 valence electrons. The van der Waals surface area contributed by atoms with E-state index < -0.39 is 16.6 Å². The predicted octanol–water partition coefficient (Wildman–Crippen LogP) is 5.95. The molecule has 1 heterocycles. The van der Waals surface area contributed by atoms with Crippen molar-refractivity contribution >= 4 is 40.8 Å². The van der Waals surface area contributed by atoms with Gasteiger partial charge in [-0.25, -0.2) is 9.59 Å². The van der Waals surface area contributed by atoms with E-state index in [1.807, 2.05) is 0 Å². The van der Waals surface area contributed by atoms with Crippen molar-refractivity contribution < 1.29 is 28.8 Å². The van der Waals surface area contributed by atoms with Gasteiger partial charge in [-0.05, 0) is 69.2 Å². The zero-order valence-corrected chi connectivity index (χ0v) is 26.3. The van der Waals surface area contributed by atoms with Gasteiger partial charge in [-0.3, -0.25) is 25.1 Å². The molecular formula is C33H40N6O7. The van der Waals surface area contributed by atoms with Gasteiger partial charge in [0.25, 0.3) is 11.6 Å². The van der Waals surface area contributed by atoms with Gasteiger partial charge >= 0.3 is 12.1 Å². The van der Waals surface area contributed by atoms with E-state index in [1.54, 1.807) is 74.2 Å². The van der Waals surface area contributed by atoms with Crippen molar-refractivity contribution in [3.05, 3.63) is 94.0 Å². The number of ether oxygens (including phenoxy) is 2. The number of hydrogen-bond donors (Lipinski definition) is 3. The minimum Gasteiger partial charge on any atom is -0.444 e. The summed E-state index contributed by atoms with van der Waals surface area (Å²) in [5, 5.41) is 19.3. The van der Waals surface area contributed by atoms with Crippen molar-refractivity contribution in [1.82, 2.24) is 9.80 Å². The lowest BCUT2D eigenvalue weighted by atomic mass is 10.1. The monoisotopic (exact) mass is 632 g/mol. The summed E-state index contributed by atoms with van der Waals surface area (Å²) in [5.74, 6) is -0.372. The molecule has 46 heavy (non-hydrogen) atoms. The van der Waals surface area contributed by atoms with Crippen LogP contribution < -0.4 is 16.0 Å². The Morgan fingerprint density at radius 2 is 1.54 bits per heavy atom. The standard InChI is InChI=1S/C33H40N6O7/c1-33(2,3)46-32(42)36-29-8-5-4-7-28(29)35-30(40)25-11-9-24(10-12-25)23-38(18-6-17-37-19-21-45-22-20-37)31(41)34-26-13-15-27(16-14-26)39(43)44/h4-5,7-16H,6,17-23H2,1-3H3,(H,34,41)(H,35,40)(H,36,42). The second kappa shape index (κ2) is 15.8. The quantitative estimate of drug-likeness (QED) is 0.173. The van der Waals surface area contributed by atoms with Crippen LogP contribution >= 0.6 is 0 Å². The van der Waals surface area contributed by atoms with Gasteiger partial charge in [0.15, 0.2) is 0 Å². The second-order valence-corrected chi connectivity index (χ2v) is 11.8. The van der Waals surface area contributed by atoms with Crippen molar-refractivity contribution in [3.63, 3.8) is 0 Å². The zero-order chi connectivity index (χ0) is 33.1. The van der Waals surface area contributed by atoms with Crippen LogP contribution in [-0.2, 0) is 16.0 Å². The first-order valence-electron chi connectivity index (χ1n) is 15.1.